The Morgan fingerprint density at radius 2 is 1.93 bits per heavy atom. The van der Waals surface area contributed by atoms with E-state index in [-0.39, 0.29) is 57.3 Å². The molecule has 0 unspecified atom stereocenters. The predicted molar refractivity (Wildman–Crippen MR) is 110 cm³/mol. The first-order chi connectivity index (χ1) is 13.3. The van der Waals surface area contributed by atoms with E-state index in [1.165, 1.54) is 11.9 Å². The van der Waals surface area contributed by atoms with Gasteiger partial charge in [0.2, 0.25) is 5.91 Å². The monoisotopic (exact) mass is 415 g/mol. The quantitative estimate of drug-likeness (QED) is 0.310. The van der Waals surface area contributed by atoms with Gasteiger partial charge in [-0.25, -0.2) is 0 Å². The molecule has 1 aliphatic rings. The van der Waals surface area contributed by atoms with Crippen LogP contribution in [0.1, 0.15) is 11.1 Å². The van der Waals surface area contributed by atoms with Crippen molar-refractivity contribution < 1.29 is 56.2 Å². The zero-order chi connectivity index (χ0) is 18.5. The summed E-state index contributed by atoms with van der Waals surface area (Å²) in [6.45, 7) is 0.569. The van der Waals surface area contributed by atoms with Crippen LogP contribution in [0.25, 0.3) is 5.43 Å². The van der Waals surface area contributed by atoms with Crippen LogP contribution in [0, 0.1) is 0 Å². The number of aromatic nitrogens is 1. The minimum atomic E-state index is 0. The fraction of sp³-hybridized carbons (Fsp3) is 0.100. The third kappa shape index (κ3) is 5.80. The van der Waals surface area contributed by atoms with Gasteiger partial charge in [0.15, 0.2) is 0 Å². The van der Waals surface area contributed by atoms with Gasteiger partial charge in [-0.2, -0.15) is 0 Å². The molecule has 0 fully saturated rings. The van der Waals surface area contributed by atoms with E-state index >= 15 is 0 Å². The molecule has 3 aromatic rings. The van der Waals surface area contributed by atoms with Gasteiger partial charge in [0, 0.05) is 34.4 Å². The van der Waals surface area contributed by atoms with Crippen molar-refractivity contribution in [3.8, 4) is 0 Å². The molecule has 3 N–H and O–H groups in total. The Hall–Kier alpha value is -1.39. The average molecular weight is 416 g/mol. The SMILES string of the molecule is O=C1Cc2cc(SNc3ccc(N[N-]Cc4cccnc4)cc3)ccc2N1.[K+]. The molecule has 1 aromatic heterocycles. The second-order valence-corrected chi connectivity index (χ2v) is 6.99. The number of nitrogens with one attached hydrogen (secondary N) is 3. The van der Waals surface area contributed by atoms with Gasteiger partial charge in [0.25, 0.3) is 0 Å². The molecule has 1 amide bonds. The summed E-state index contributed by atoms with van der Waals surface area (Å²) in [5, 5.41) is 2.84. The first-order valence-corrected chi connectivity index (χ1v) is 9.35. The van der Waals surface area contributed by atoms with Gasteiger partial charge in [-0.3, -0.25) is 9.78 Å². The van der Waals surface area contributed by atoms with E-state index in [4.69, 9.17) is 0 Å². The summed E-state index contributed by atoms with van der Waals surface area (Å²) < 4.78 is 3.32. The number of hydrogen-bond donors (Lipinski definition) is 3. The van der Waals surface area contributed by atoms with E-state index < -0.39 is 0 Å². The maximum atomic E-state index is 11.4. The van der Waals surface area contributed by atoms with Gasteiger partial charge in [0.05, 0.1) is 6.42 Å². The number of carbonyl (C=O) groups excluding carboxylic acids is 1. The Morgan fingerprint density at radius 1 is 1.11 bits per heavy atom. The number of anilines is 3. The van der Waals surface area contributed by atoms with Gasteiger partial charge in [-0.15, -0.1) is 6.54 Å². The maximum absolute atomic E-state index is 11.4. The molecular formula is C20H18KN5OS. The van der Waals surface area contributed by atoms with Gasteiger partial charge >= 0.3 is 51.4 Å². The summed E-state index contributed by atoms with van der Waals surface area (Å²) in [6, 6.07) is 17.8. The molecule has 2 aromatic carbocycles. The van der Waals surface area contributed by atoms with E-state index in [2.05, 4.69) is 25.9 Å². The molecule has 0 radical (unpaired) electrons. The topological polar surface area (TPSA) is 80.2 Å². The molecule has 2 heterocycles. The van der Waals surface area contributed by atoms with Crippen molar-refractivity contribution in [2.75, 3.05) is 15.5 Å². The first-order valence-electron chi connectivity index (χ1n) is 8.53. The number of fused-ring (bicyclic) bond motifs is 1. The van der Waals surface area contributed by atoms with Crippen LogP contribution < -0.4 is 66.8 Å². The Morgan fingerprint density at radius 3 is 2.71 bits per heavy atom. The maximum Gasteiger partial charge on any atom is 1.00 e. The Labute approximate surface area is 210 Å². The van der Waals surface area contributed by atoms with Gasteiger partial charge < -0.3 is 20.9 Å². The number of pyridine rings is 1. The van der Waals surface area contributed by atoms with E-state index in [1.807, 2.05) is 54.6 Å². The second kappa shape index (κ2) is 10.4. The average Bonchev–Trinajstić information content (AvgIpc) is 3.07. The van der Waals surface area contributed by atoms with Crippen LogP contribution in [0.4, 0.5) is 17.1 Å². The van der Waals surface area contributed by atoms with E-state index in [1.54, 1.807) is 12.4 Å². The van der Waals surface area contributed by atoms with Crippen LogP contribution >= 0.6 is 11.9 Å². The smallest absolute Gasteiger partial charge is 0.567 e. The Balaban J connectivity index is 0.00000225. The number of amides is 1. The summed E-state index contributed by atoms with van der Waals surface area (Å²) in [5.41, 5.74) is 12.3. The minimum absolute atomic E-state index is 0. The largest absolute Gasteiger partial charge is 1.00 e. The van der Waals surface area contributed by atoms with E-state index in [0.717, 1.165) is 33.1 Å². The molecule has 0 saturated heterocycles. The Bertz CT molecular complexity index is 937. The number of nitrogens with zero attached hydrogens (tertiary/aromatic N) is 2. The molecule has 1 aliphatic heterocycles. The third-order valence-electron chi connectivity index (χ3n) is 4.07. The molecule has 8 heteroatoms. The molecule has 136 valence electrons. The van der Waals surface area contributed by atoms with Gasteiger partial charge in [-0.05, 0) is 71.6 Å². The van der Waals surface area contributed by atoms with Crippen molar-refractivity contribution in [2.24, 2.45) is 0 Å². The molecule has 6 nitrogen and oxygen atoms in total. The third-order valence-corrected chi connectivity index (χ3v) is 4.89. The van der Waals surface area contributed by atoms with Crippen LogP contribution in [0.2, 0.25) is 0 Å². The molecule has 0 aliphatic carbocycles. The molecule has 0 saturated carbocycles. The second-order valence-electron chi connectivity index (χ2n) is 6.11. The molecule has 0 spiro atoms. The number of rotatable bonds is 7. The van der Waals surface area contributed by atoms with Crippen LogP contribution in [-0.2, 0) is 17.8 Å². The number of carbonyl (C=O) groups is 1. The molecule has 28 heavy (non-hydrogen) atoms. The van der Waals surface area contributed by atoms with Crippen LogP contribution in [0.15, 0.2) is 71.9 Å². The van der Waals surface area contributed by atoms with Gasteiger partial charge in [-0.1, -0.05) is 6.07 Å². The van der Waals surface area contributed by atoms with Crippen molar-refractivity contribution in [2.45, 2.75) is 17.9 Å². The van der Waals surface area contributed by atoms with Crippen molar-refractivity contribution in [3.63, 3.8) is 0 Å². The minimum Gasteiger partial charge on any atom is -0.567 e. The van der Waals surface area contributed by atoms with Crippen molar-refractivity contribution >= 4 is 34.9 Å². The zero-order valence-corrected chi connectivity index (χ0v) is 19.4. The molecule has 4 rings (SSSR count). The number of benzene rings is 2. The summed E-state index contributed by atoms with van der Waals surface area (Å²) in [5.74, 6) is 0.0529. The fourth-order valence-electron chi connectivity index (χ4n) is 2.71. The van der Waals surface area contributed by atoms with Crippen molar-refractivity contribution in [3.05, 3.63) is 83.5 Å². The fourth-order valence-corrected chi connectivity index (χ4v) is 3.42. The molecular weight excluding hydrogens is 397 g/mol. The van der Waals surface area contributed by atoms with E-state index in [0.29, 0.717) is 13.0 Å². The van der Waals surface area contributed by atoms with Crippen LogP contribution in [-0.4, -0.2) is 10.9 Å². The normalized spacial score (nSPS) is 11.9. The number of hydrogen-bond acceptors (Lipinski definition) is 5. The standard InChI is InChI=1S/C20H18N5OS.K/c26-20-11-15-10-18(7-8-19(15)23-20)27-25-17-5-3-16(4-6-17)24-22-13-14-2-1-9-21-12-14;/h1-10,12,24-25H,11,13H2,(H,23,26);/q-1;+1. The summed E-state index contributed by atoms with van der Waals surface area (Å²) in [7, 11) is 0. The molecule has 0 atom stereocenters. The first kappa shape index (κ1) is 21.3. The van der Waals surface area contributed by atoms with Gasteiger partial charge in [0.1, 0.15) is 0 Å². The zero-order valence-electron chi connectivity index (χ0n) is 15.5. The van der Waals surface area contributed by atoms with E-state index in [9.17, 15) is 4.79 Å². The van der Waals surface area contributed by atoms with Crippen molar-refractivity contribution in [1.82, 2.24) is 4.98 Å². The summed E-state index contributed by atoms with van der Waals surface area (Å²) >= 11 is 1.52. The van der Waals surface area contributed by atoms with Crippen molar-refractivity contribution in [1.29, 1.82) is 0 Å². The Kier molecular flexibility index (Phi) is 7.92. The molecule has 0 bridgehead atoms. The van der Waals surface area contributed by atoms with Crippen LogP contribution in [0.5, 0.6) is 0 Å². The summed E-state index contributed by atoms with van der Waals surface area (Å²) in [4.78, 5) is 16.6. The predicted octanol–water partition coefficient (Wildman–Crippen LogP) is 1.60. The summed E-state index contributed by atoms with van der Waals surface area (Å²) in [6.07, 6.45) is 4.01. The van der Waals surface area contributed by atoms with Crippen LogP contribution in [0.3, 0.4) is 0 Å².